The van der Waals surface area contributed by atoms with Crippen LogP contribution in [-0.4, -0.2) is 25.5 Å². The molecule has 2 aromatic rings. The molecule has 9 heteroatoms. The SMILES string of the molecule is COc1ccc(F)cc1COC(=O)CNC(=O)c1ccc(C(F)(F)F)cc1. The minimum atomic E-state index is -4.50. The van der Waals surface area contributed by atoms with Crippen LogP contribution in [0.15, 0.2) is 42.5 Å². The topological polar surface area (TPSA) is 64.6 Å². The van der Waals surface area contributed by atoms with Crippen molar-refractivity contribution < 1.29 is 36.6 Å². The van der Waals surface area contributed by atoms with Gasteiger partial charge in [0.2, 0.25) is 0 Å². The van der Waals surface area contributed by atoms with Crippen LogP contribution in [0.25, 0.3) is 0 Å². The Hall–Kier alpha value is -3.10. The first-order chi connectivity index (χ1) is 12.7. The Labute approximate surface area is 151 Å². The molecule has 0 atom stereocenters. The number of nitrogens with one attached hydrogen (secondary N) is 1. The standard InChI is InChI=1S/C18H15F4NO4/c1-26-15-7-6-14(19)8-12(15)10-27-16(24)9-23-17(25)11-2-4-13(5-3-11)18(20,21)22/h2-8H,9-10H2,1H3,(H,23,25). The second-order valence-electron chi connectivity index (χ2n) is 5.37. The van der Waals surface area contributed by atoms with Crippen molar-refractivity contribution in [2.45, 2.75) is 12.8 Å². The van der Waals surface area contributed by atoms with Gasteiger partial charge in [-0.2, -0.15) is 13.2 Å². The molecular weight excluding hydrogens is 370 g/mol. The van der Waals surface area contributed by atoms with E-state index in [1.807, 2.05) is 0 Å². The maximum atomic E-state index is 13.2. The van der Waals surface area contributed by atoms with Crippen LogP contribution < -0.4 is 10.1 Å². The van der Waals surface area contributed by atoms with Crippen LogP contribution in [0, 0.1) is 5.82 Å². The molecule has 0 heterocycles. The van der Waals surface area contributed by atoms with Crippen LogP contribution in [0.4, 0.5) is 17.6 Å². The van der Waals surface area contributed by atoms with Gasteiger partial charge in [0, 0.05) is 11.1 Å². The number of esters is 1. The number of ether oxygens (including phenoxy) is 2. The van der Waals surface area contributed by atoms with Crippen molar-refractivity contribution in [2.75, 3.05) is 13.7 Å². The molecule has 144 valence electrons. The second-order valence-corrected chi connectivity index (χ2v) is 5.37. The van der Waals surface area contributed by atoms with Crippen molar-refractivity contribution >= 4 is 11.9 Å². The van der Waals surface area contributed by atoms with Gasteiger partial charge in [0.1, 0.15) is 24.7 Å². The molecule has 2 aromatic carbocycles. The number of hydrogen-bond donors (Lipinski definition) is 1. The van der Waals surface area contributed by atoms with Crippen molar-refractivity contribution in [3.05, 3.63) is 65.0 Å². The zero-order chi connectivity index (χ0) is 20.0. The number of amides is 1. The molecule has 5 nitrogen and oxygen atoms in total. The van der Waals surface area contributed by atoms with Crippen LogP contribution in [0.1, 0.15) is 21.5 Å². The highest BCUT2D eigenvalue weighted by Crippen LogP contribution is 2.29. The van der Waals surface area contributed by atoms with Crippen molar-refractivity contribution in [1.29, 1.82) is 0 Å². The lowest BCUT2D eigenvalue weighted by Gasteiger charge is -2.10. The molecule has 0 spiro atoms. The molecule has 0 unspecified atom stereocenters. The van der Waals surface area contributed by atoms with Gasteiger partial charge >= 0.3 is 12.1 Å². The lowest BCUT2D eigenvalue weighted by molar-refractivity contribution is -0.143. The van der Waals surface area contributed by atoms with Gasteiger partial charge < -0.3 is 14.8 Å². The van der Waals surface area contributed by atoms with Gasteiger partial charge in [0.25, 0.3) is 5.91 Å². The Balaban J connectivity index is 1.86. The fraction of sp³-hybridized carbons (Fsp3) is 0.222. The summed E-state index contributed by atoms with van der Waals surface area (Å²) in [7, 11) is 1.38. The Morgan fingerprint density at radius 2 is 1.74 bits per heavy atom. The maximum Gasteiger partial charge on any atom is 0.416 e. The molecule has 0 aliphatic heterocycles. The van der Waals surface area contributed by atoms with Crippen LogP contribution in [0.5, 0.6) is 5.75 Å². The number of rotatable bonds is 6. The fourth-order valence-corrected chi connectivity index (χ4v) is 2.13. The summed E-state index contributed by atoms with van der Waals surface area (Å²) in [5.41, 5.74) is -0.620. The number of carbonyl (C=O) groups excluding carboxylic acids is 2. The van der Waals surface area contributed by atoms with Crippen molar-refractivity contribution in [3.8, 4) is 5.75 Å². The van der Waals surface area contributed by atoms with E-state index >= 15 is 0 Å². The number of carbonyl (C=O) groups is 2. The number of alkyl halides is 3. The number of methoxy groups -OCH3 is 1. The van der Waals surface area contributed by atoms with Gasteiger partial charge in [-0.25, -0.2) is 4.39 Å². The third-order valence-electron chi connectivity index (χ3n) is 3.50. The quantitative estimate of drug-likeness (QED) is 0.612. The Morgan fingerprint density at radius 1 is 1.07 bits per heavy atom. The Kier molecular flexibility index (Phi) is 6.38. The molecule has 1 amide bonds. The third kappa shape index (κ3) is 5.70. The molecular formula is C18H15F4NO4. The van der Waals surface area contributed by atoms with E-state index in [0.717, 1.165) is 30.3 Å². The second kappa shape index (κ2) is 8.52. The highest BCUT2D eigenvalue weighted by Gasteiger charge is 2.30. The normalized spacial score (nSPS) is 11.0. The monoisotopic (exact) mass is 385 g/mol. The van der Waals surface area contributed by atoms with E-state index in [-0.39, 0.29) is 12.2 Å². The van der Waals surface area contributed by atoms with E-state index < -0.39 is 36.0 Å². The van der Waals surface area contributed by atoms with Crippen LogP contribution in [0.3, 0.4) is 0 Å². The van der Waals surface area contributed by atoms with Gasteiger partial charge in [-0.05, 0) is 42.5 Å². The van der Waals surface area contributed by atoms with Crippen LogP contribution in [0.2, 0.25) is 0 Å². The molecule has 0 aromatic heterocycles. The summed E-state index contributed by atoms with van der Waals surface area (Å²) >= 11 is 0. The lowest BCUT2D eigenvalue weighted by Crippen LogP contribution is -2.30. The number of halogens is 4. The predicted octanol–water partition coefficient (Wildman–Crippen LogP) is 3.33. The molecule has 0 aliphatic rings. The molecule has 0 bridgehead atoms. The lowest BCUT2D eigenvalue weighted by atomic mass is 10.1. The van der Waals surface area contributed by atoms with Crippen molar-refractivity contribution in [3.63, 3.8) is 0 Å². The minimum absolute atomic E-state index is 0.0393. The van der Waals surface area contributed by atoms with Crippen LogP contribution in [-0.2, 0) is 22.3 Å². The van der Waals surface area contributed by atoms with Gasteiger partial charge in [-0.1, -0.05) is 0 Å². The minimum Gasteiger partial charge on any atom is -0.496 e. The summed E-state index contributed by atoms with van der Waals surface area (Å²) in [4.78, 5) is 23.6. The molecule has 0 radical (unpaired) electrons. The number of hydrogen-bond acceptors (Lipinski definition) is 4. The predicted molar refractivity (Wildman–Crippen MR) is 86.5 cm³/mol. The molecule has 0 aliphatic carbocycles. The van der Waals surface area contributed by atoms with Gasteiger partial charge in [-0.3, -0.25) is 9.59 Å². The van der Waals surface area contributed by atoms with E-state index in [1.54, 1.807) is 0 Å². The van der Waals surface area contributed by atoms with Gasteiger partial charge in [-0.15, -0.1) is 0 Å². The summed E-state index contributed by atoms with van der Waals surface area (Å²) in [5.74, 6) is -1.74. The molecule has 0 saturated carbocycles. The first-order valence-corrected chi connectivity index (χ1v) is 7.64. The zero-order valence-corrected chi connectivity index (χ0v) is 14.1. The summed E-state index contributed by atoms with van der Waals surface area (Å²) < 4.78 is 60.6. The number of benzene rings is 2. The first kappa shape index (κ1) is 20.2. The van der Waals surface area contributed by atoms with E-state index in [1.165, 1.54) is 19.2 Å². The Bertz CT molecular complexity index is 819. The first-order valence-electron chi connectivity index (χ1n) is 7.64. The van der Waals surface area contributed by atoms with Gasteiger partial charge in [0.15, 0.2) is 0 Å². The average Bonchev–Trinajstić information content (AvgIpc) is 2.64. The smallest absolute Gasteiger partial charge is 0.416 e. The Morgan fingerprint density at radius 3 is 2.33 bits per heavy atom. The van der Waals surface area contributed by atoms with Crippen molar-refractivity contribution in [1.82, 2.24) is 5.32 Å². The molecule has 0 saturated heterocycles. The molecule has 2 rings (SSSR count). The van der Waals surface area contributed by atoms with Gasteiger partial charge in [0.05, 0.1) is 12.7 Å². The highest BCUT2D eigenvalue weighted by atomic mass is 19.4. The third-order valence-corrected chi connectivity index (χ3v) is 3.50. The largest absolute Gasteiger partial charge is 0.496 e. The van der Waals surface area contributed by atoms with E-state index in [0.29, 0.717) is 11.3 Å². The summed E-state index contributed by atoms with van der Waals surface area (Å²) in [5, 5.41) is 2.23. The average molecular weight is 385 g/mol. The molecule has 0 fully saturated rings. The maximum absolute atomic E-state index is 13.2. The zero-order valence-electron chi connectivity index (χ0n) is 14.1. The van der Waals surface area contributed by atoms with Crippen LogP contribution >= 0.6 is 0 Å². The molecule has 1 N–H and O–H groups in total. The summed E-state index contributed by atoms with van der Waals surface area (Å²) in [6.45, 7) is -0.770. The van der Waals surface area contributed by atoms with E-state index in [9.17, 15) is 27.2 Å². The summed E-state index contributed by atoms with van der Waals surface area (Å²) in [6.07, 6.45) is -4.50. The fourth-order valence-electron chi connectivity index (χ4n) is 2.13. The molecule has 27 heavy (non-hydrogen) atoms. The van der Waals surface area contributed by atoms with E-state index in [2.05, 4.69) is 5.32 Å². The highest BCUT2D eigenvalue weighted by molar-refractivity contribution is 5.95. The summed E-state index contributed by atoms with van der Waals surface area (Å²) in [6, 6.07) is 7.25. The van der Waals surface area contributed by atoms with Crippen molar-refractivity contribution in [2.24, 2.45) is 0 Å². The van der Waals surface area contributed by atoms with E-state index in [4.69, 9.17) is 9.47 Å².